The normalized spacial score (nSPS) is 10.3. The molecule has 0 radical (unpaired) electrons. The maximum absolute atomic E-state index is 13.0. The van der Waals surface area contributed by atoms with Crippen molar-refractivity contribution in [2.75, 3.05) is 12.8 Å². The Labute approximate surface area is 119 Å². The summed E-state index contributed by atoms with van der Waals surface area (Å²) < 4.78 is 17.6. The van der Waals surface area contributed by atoms with Gasteiger partial charge in [-0.15, -0.1) is 11.8 Å². The summed E-state index contributed by atoms with van der Waals surface area (Å²) in [5.74, 6) is 0.0872. The minimum absolute atomic E-state index is 0.0710. The van der Waals surface area contributed by atoms with Gasteiger partial charge in [0.1, 0.15) is 23.0 Å². The number of carbonyl (C=O) groups is 1. The van der Waals surface area contributed by atoms with E-state index in [0.717, 1.165) is 4.90 Å². The molecule has 2 rings (SSSR count). The first-order valence-corrected chi connectivity index (χ1v) is 6.67. The van der Waals surface area contributed by atoms with Gasteiger partial charge in [-0.1, -0.05) is 6.07 Å². The van der Waals surface area contributed by atoms with E-state index in [9.17, 15) is 9.18 Å². The van der Waals surface area contributed by atoms with Gasteiger partial charge in [0.2, 0.25) is 0 Å². The Kier molecular flexibility index (Phi) is 4.52. The van der Waals surface area contributed by atoms with Crippen LogP contribution >= 0.6 is 11.8 Å². The molecule has 0 aliphatic carbocycles. The number of thioether (sulfide) groups is 1. The molecular weight excluding hydrogens is 281 g/mol. The first-order chi connectivity index (χ1) is 9.60. The number of ether oxygens (including phenoxy) is 1. The molecular formula is C13H12FN3O2S. The molecule has 0 saturated heterocycles. The summed E-state index contributed by atoms with van der Waals surface area (Å²) in [5, 5.41) is 0. The van der Waals surface area contributed by atoms with Crippen LogP contribution in [-0.4, -0.2) is 23.0 Å². The van der Waals surface area contributed by atoms with Crippen molar-refractivity contribution in [3.8, 4) is 0 Å². The number of hydrogen-bond acceptors (Lipinski definition) is 6. The minimum atomic E-state index is -0.577. The average Bonchev–Trinajstić information content (AvgIpc) is 2.44. The van der Waals surface area contributed by atoms with E-state index in [4.69, 9.17) is 5.73 Å². The summed E-state index contributed by atoms with van der Waals surface area (Å²) in [5.41, 5.74) is 5.80. The molecule has 7 heteroatoms. The lowest BCUT2D eigenvalue weighted by molar-refractivity contribution is 0.0601. The van der Waals surface area contributed by atoms with Crippen molar-refractivity contribution in [3.05, 3.63) is 47.7 Å². The van der Waals surface area contributed by atoms with Gasteiger partial charge in [0.25, 0.3) is 0 Å². The molecule has 0 bridgehead atoms. The second-order valence-electron chi connectivity index (χ2n) is 3.82. The predicted molar refractivity (Wildman–Crippen MR) is 73.7 cm³/mol. The quantitative estimate of drug-likeness (QED) is 0.688. The van der Waals surface area contributed by atoms with Crippen LogP contribution in [0, 0.1) is 5.82 Å². The Morgan fingerprint density at radius 3 is 2.95 bits per heavy atom. The topological polar surface area (TPSA) is 78.1 Å². The molecule has 0 aliphatic rings. The highest BCUT2D eigenvalue weighted by molar-refractivity contribution is 7.98. The van der Waals surface area contributed by atoms with Crippen LogP contribution in [0.4, 0.5) is 10.2 Å². The van der Waals surface area contributed by atoms with Crippen LogP contribution in [-0.2, 0) is 10.5 Å². The smallest absolute Gasteiger partial charge is 0.343 e. The first-order valence-electron chi connectivity index (χ1n) is 5.68. The number of aromatic nitrogens is 2. The summed E-state index contributed by atoms with van der Waals surface area (Å²) >= 11 is 1.38. The van der Waals surface area contributed by atoms with Crippen LogP contribution in [0.1, 0.15) is 16.2 Å². The Bertz CT molecular complexity index is 637. The lowest BCUT2D eigenvalue weighted by atomic mass is 10.3. The zero-order chi connectivity index (χ0) is 14.5. The Hall–Kier alpha value is -2.15. The van der Waals surface area contributed by atoms with Gasteiger partial charge < -0.3 is 10.5 Å². The van der Waals surface area contributed by atoms with Gasteiger partial charge in [-0.25, -0.2) is 19.2 Å². The van der Waals surface area contributed by atoms with Crippen LogP contribution in [0.3, 0.4) is 0 Å². The highest BCUT2D eigenvalue weighted by Crippen LogP contribution is 2.22. The minimum Gasteiger partial charge on any atom is -0.465 e. The zero-order valence-electron chi connectivity index (χ0n) is 10.7. The van der Waals surface area contributed by atoms with Crippen LogP contribution in [0.2, 0.25) is 0 Å². The molecule has 1 heterocycles. The number of nitrogens with zero attached hydrogens (tertiary/aromatic N) is 2. The first kappa shape index (κ1) is 14.3. The van der Waals surface area contributed by atoms with Gasteiger partial charge >= 0.3 is 5.97 Å². The fourth-order valence-electron chi connectivity index (χ4n) is 1.47. The number of anilines is 1. The molecule has 0 spiro atoms. The molecule has 104 valence electrons. The molecule has 5 nitrogen and oxygen atoms in total. The standard InChI is InChI=1S/C13H12FN3O2S/c1-19-13(18)10-6-16-11(17-12(10)15)7-20-9-4-2-3-8(14)5-9/h2-6H,7H2,1H3,(H2,15,16,17). The molecule has 20 heavy (non-hydrogen) atoms. The Morgan fingerprint density at radius 1 is 1.50 bits per heavy atom. The third-order valence-corrected chi connectivity index (χ3v) is 3.43. The average molecular weight is 293 g/mol. The molecule has 0 fully saturated rings. The molecule has 2 aromatic rings. The summed E-state index contributed by atoms with van der Waals surface area (Å²) in [6, 6.07) is 6.23. The van der Waals surface area contributed by atoms with Crippen molar-refractivity contribution in [1.29, 1.82) is 0 Å². The number of halogens is 1. The zero-order valence-corrected chi connectivity index (χ0v) is 11.5. The van der Waals surface area contributed by atoms with Crippen molar-refractivity contribution >= 4 is 23.5 Å². The van der Waals surface area contributed by atoms with Crippen molar-refractivity contribution in [2.24, 2.45) is 0 Å². The van der Waals surface area contributed by atoms with Gasteiger partial charge in [0.15, 0.2) is 0 Å². The lowest BCUT2D eigenvalue weighted by Crippen LogP contribution is -2.09. The van der Waals surface area contributed by atoms with E-state index in [1.54, 1.807) is 12.1 Å². The van der Waals surface area contributed by atoms with Gasteiger partial charge in [-0.2, -0.15) is 0 Å². The van der Waals surface area contributed by atoms with Gasteiger partial charge in [0, 0.05) is 11.1 Å². The van der Waals surface area contributed by atoms with Crippen LogP contribution in [0.25, 0.3) is 0 Å². The third-order valence-electron chi connectivity index (χ3n) is 2.44. The van der Waals surface area contributed by atoms with E-state index in [2.05, 4.69) is 14.7 Å². The number of nitrogens with two attached hydrogens (primary N) is 1. The monoisotopic (exact) mass is 293 g/mol. The SMILES string of the molecule is COC(=O)c1cnc(CSc2cccc(F)c2)nc1N. The van der Waals surface area contributed by atoms with Crippen LogP contribution in [0.15, 0.2) is 35.4 Å². The molecule has 0 atom stereocenters. The number of nitrogen functional groups attached to an aromatic ring is 1. The van der Waals surface area contributed by atoms with Crippen molar-refractivity contribution in [2.45, 2.75) is 10.6 Å². The number of hydrogen-bond donors (Lipinski definition) is 1. The summed E-state index contributed by atoms with van der Waals surface area (Å²) in [7, 11) is 1.26. The van der Waals surface area contributed by atoms with E-state index in [1.807, 2.05) is 0 Å². The maximum Gasteiger partial charge on any atom is 0.343 e. The van der Waals surface area contributed by atoms with E-state index in [1.165, 1.54) is 37.2 Å². The van der Waals surface area contributed by atoms with Gasteiger partial charge in [-0.05, 0) is 18.2 Å². The number of rotatable bonds is 4. The van der Waals surface area contributed by atoms with Crippen LogP contribution in [0.5, 0.6) is 0 Å². The second kappa shape index (κ2) is 6.33. The number of methoxy groups -OCH3 is 1. The highest BCUT2D eigenvalue weighted by Gasteiger charge is 2.12. The number of benzene rings is 1. The molecule has 0 aliphatic heterocycles. The fraction of sp³-hybridized carbons (Fsp3) is 0.154. The van der Waals surface area contributed by atoms with Crippen molar-refractivity contribution < 1.29 is 13.9 Å². The van der Waals surface area contributed by atoms with E-state index in [-0.39, 0.29) is 17.2 Å². The second-order valence-corrected chi connectivity index (χ2v) is 4.87. The molecule has 0 saturated carbocycles. The maximum atomic E-state index is 13.0. The molecule has 1 aromatic carbocycles. The highest BCUT2D eigenvalue weighted by atomic mass is 32.2. The molecule has 1 aromatic heterocycles. The Balaban J connectivity index is 2.07. The lowest BCUT2D eigenvalue weighted by Gasteiger charge is -2.05. The largest absolute Gasteiger partial charge is 0.465 e. The predicted octanol–water partition coefficient (Wildman–Crippen LogP) is 2.28. The van der Waals surface area contributed by atoms with E-state index >= 15 is 0 Å². The summed E-state index contributed by atoms with van der Waals surface area (Å²) in [6.07, 6.45) is 1.33. The molecule has 0 unspecified atom stereocenters. The van der Waals surface area contributed by atoms with Gasteiger partial charge in [0.05, 0.1) is 12.9 Å². The third kappa shape index (κ3) is 3.45. The molecule has 0 amide bonds. The summed E-state index contributed by atoms with van der Waals surface area (Å²) in [6.45, 7) is 0. The van der Waals surface area contributed by atoms with Crippen molar-refractivity contribution in [3.63, 3.8) is 0 Å². The van der Waals surface area contributed by atoms with Crippen LogP contribution < -0.4 is 5.73 Å². The van der Waals surface area contributed by atoms with Crippen molar-refractivity contribution in [1.82, 2.24) is 9.97 Å². The van der Waals surface area contributed by atoms with E-state index in [0.29, 0.717) is 11.6 Å². The fourth-order valence-corrected chi connectivity index (χ4v) is 2.28. The van der Waals surface area contributed by atoms with Gasteiger partial charge in [-0.3, -0.25) is 0 Å². The Morgan fingerprint density at radius 2 is 2.30 bits per heavy atom. The van der Waals surface area contributed by atoms with E-state index < -0.39 is 5.97 Å². The number of esters is 1. The number of carbonyl (C=O) groups excluding carboxylic acids is 1. The summed E-state index contributed by atoms with van der Waals surface area (Å²) in [4.78, 5) is 20.2. The molecule has 2 N–H and O–H groups in total.